The first kappa shape index (κ1) is 12.6. The van der Waals surface area contributed by atoms with Crippen molar-refractivity contribution in [1.29, 1.82) is 0 Å². The number of hydrogen-bond acceptors (Lipinski definition) is 3. The Labute approximate surface area is 113 Å². The van der Waals surface area contributed by atoms with Crippen molar-refractivity contribution >= 4 is 10.9 Å². The van der Waals surface area contributed by atoms with Gasteiger partial charge >= 0.3 is 0 Å². The Balaban J connectivity index is 1.80. The molecule has 1 aliphatic heterocycles. The molecule has 1 aromatic heterocycles. The molecule has 0 amide bonds. The molecule has 0 radical (unpaired) electrons. The maximum atomic E-state index is 9.46. The highest BCUT2D eigenvalue weighted by Crippen LogP contribution is 2.21. The minimum Gasteiger partial charge on any atom is -0.395 e. The van der Waals surface area contributed by atoms with Crippen LogP contribution in [0.1, 0.15) is 24.8 Å². The van der Waals surface area contributed by atoms with Crippen molar-refractivity contribution < 1.29 is 5.11 Å². The lowest BCUT2D eigenvalue weighted by molar-refractivity contribution is 0.0841. The number of piperidine rings is 1. The largest absolute Gasteiger partial charge is 0.395 e. The van der Waals surface area contributed by atoms with Crippen LogP contribution in [0.2, 0.25) is 0 Å². The van der Waals surface area contributed by atoms with Gasteiger partial charge < -0.3 is 5.11 Å². The molecule has 3 rings (SSSR count). The molecular weight excluding hydrogens is 236 g/mol. The number of fused-ring (bicyclic) bond motifs is 1. The molecular formula is C16H20N2O. The second-order valence-corrected chi connectivity index (χ2v) is 5.33. The van der Waals surface area contributed by atoms with Gasteiger partial charge in [-0.05, 0) is 43.1 Å². The Hall–Kier alpha value is -1.45. The van der Waals surface area contributed by atoms with E-state index in [0.29, 0.717) is 6.04 Å². The van der Waals surface area contributed by atoms with Gasteiger partial charge in [-0.15, -0.1) is 0 Å². The molecule has 2 heterocycles. The van der Waals surface area contributed by atoms with Crippen LogP contribution in [0.3, 0.4) is 0 Å². The standard InChI is InChI=1S/C16H20N2O/c19-12-15-5-1-2-9-18(15)11-13-6-7-16-14(10-13)4-3-8-17-16/h3-4,6-8,10,15,19H,1-2,5,9,11-12H2. The molecule has 100 valence electrons. The molecule has 19 heavy (non-hydrogen) atoms. The monoisotopic (exact) mass is 256 g/mol. The molecule has 1 atom stereocenters. The summed E-state index contributed by atoms with van der Waals surface area (Å²) >= 11 is 0. The van der Waals surface area contributed by atoms with Gasteiger partial charge in [0.2, 0.25) is 0 Å². The summed E-state index contributed by atoms with van der Waals surface area (Å²) in [6, 6.07) is 10.9. The first-order valence-electron chi connectivity index (χ1n) is 7.05. The summed E-state index contributed by atoms with van der Waals surface area (Å²) < 4.78 is 0. The van der Waals surface area contributed by atoms with Crippen LogP contribution in [0.4, 0.5) is 0 Å². The number of rotatable bonds is 3. The van der Waals surface area contributed by atoms with Crippen LogP contribution in [-0.2, 0) is 6.54 Å². The van der Waals surface area contributed by atoms with Crippen LogP contribution >= 0.6 is 0 Å². The fraction of sp³-hybridized carbons (Fsp3) is 0.438. The highest BCUT2D eigenvalue weighted by atomic mass is 16.3. The van der Waals surface area contributed by atoms with E-state index in [0.717, 1.165) is 25.0 Å². The summed E-state index contributed by atoms with van der Waals surface area (Å²) in [7, 11) is 0. The Morgan fingerprint density at radius 2 is 2.21 bits per heavy atom. The van der Waals surface area contributed by atoms with Gasteiger partial charge in [0.25, 0.3) is 0 Å². The summed E-state index contributed by atoms with van der Waals surface area (Å²) in [4.78, 5) is 6.75. The molecule has 3 heteroatoms. The van der Waals surface area contributed by atoms with Crippen LogP contribution < -0.4 is 0 Å². The van der Waals surface area contributed by atoms with Crippen molar-refractivity contribution in [3.63, 3.8) is 0 Å². The summed E-state index contributed by atoms with van der Waals surface area (Å²) in [5.41, 5.74) is 2.35. The summed E-state index contributed by atoms with van der Waals surface area (Å²) in [5, 5.41) is 10.7. The first-order valence-corrected chi connectivity index (χ1v) is 7.05. The van der Waals surface area contributed by atoms with Crippen molar-refractivity contribution in [2.24, 2.45) is 0 Å². The molecule has 1 fully saturated rings. The smallest absolute Gasteiger partial charge is 0.0702 e. The predicted octanol–water partition coefficient (Wildman–Crippen LogP) is 2.58. The zero-order valence-corrected chi connectivity index (χ0v) is 11.1. The lowest BCUT2D eigenvalue weighted by Crippen LogP contribution is -2.41. The average molecular weight is 256 g/mol. The minimum absolute atomic E-state index is 0.273. The molecule has 1 saturated heterocycles. The molecule has 0 spiro atoms. The molecule has 0 saturated carbocycles. The van der Waals surface area contributed by atoms with Crippen molar-refractivity contribution in [2.45, 2.75) is 31.8 Å². The third-order valence-corrected chi connectivity index (χ3v) is 4.01. The van der Waals surface area contributed by atoms with E-state index in [1.54, 1.807) is 0 Å². The Morgan fingerprint density at radius 1 is 1.26 bits per heavy atom. The topological polar surface area (TPSA) is 36.4 Å². The Bertz CT molecular complexity index is 555. The molecule has 1 aromatic carbocycles. The van der Waals surface area contributed by atoms with Gasteiger partial charge in [0.15, 0.2) is 0 Å². The number of aromatic nitrogens is 1. The summed E-state index contributed by atoms with van der Waals surface area (Å²) in [6.45, 7) is 2.29. The first-order chi connectivity index (χ1) is 9.36. The number of hydrogen-bond donors (Lipinski definition) is 1. The number of benzene rings is 1. The number of nitrogens with zero attached hydrogens (tertiary/aromatic N) is 2. The van der Waals surface area contributed by atoms with Crippen molar-refractivity contribution in [3.8, 4) is 0 Å². The maximum absolute atomic E-state index is 9.46. The van der Waals surface area contributed by atoms with Gasteiger partial charge in [-0.2, -0.15) is 0 Å². The van der Waals surface area contributed by atoms with Crippen LogP contribution in [0.25, 0.3) is 10.9 Å². The summed E-state index contributed by atoms with van der Waals surface area (Å²) in [5.74, 6) is 0. The maximum Gasteiger partial charge on any atom is 0.0702 e. The lowest BCUT2D eigenvalue weighted by atomic mass is 10.0. The van der Waals surface area contributed by atoms with Gasteiger partial charge in [-0.25, -0.2) is 0 Å². The van der Waals surface area contributed by atoms with Crippen molar-refractivity contribution in [2.75, 3.05) is 13.2 Å². The van der Waals surface area contributed by atoms with Gasteiger partial charge in [0, 0.05) is 24.2 Å². The van der Waals surface area contributed by atoms with Crippen LogP contribution in [0, 0.1) is 0 Å². The van der Waals surface area contributed by atoms with E-state index in [1.807, 2.05) is 12.3 Å². The highest BCUT2D eigenvalue weighted by molar-refractivity contribution is 5.78. The van der Waals surface area contributed by atoms with Gasteiger partial charge in [-0.3, -0.25) is 9.88 Å². The van der Waals surface area contributed by atoms with E-state index in [-0.39, 0.29) is 6.61 Å². The number of aliphatic hydroxyl groups excluding tert-OH is 1. The second kappa shape index (κ2) is 5.68. The number of pyridine rings is 1. The minimum atomic E-state index is 0.273. The average Bonchev–Trinajstić information content (AvgIpc) is 2.48. The van der Waals surface area contributed by atoms with Crippen LogP contribution in [0.15, 0.2) is 36.5 Å². The number of likely N-dealkylation sites (tertiary alicyclic amines) is 1. The third-order valence-electron chi connectivity index (χ3n) is 4.01. The molecule has 0 bridgehead atoms. The Morgan fingerprint density at radius 3 is 3.11 bits per heavy atom. The van der Waals surface area contributed by atoms with E-state index in [9.17, 15) is 5.11 Å². The van der Waals surface area contributed by atoms with E-state index in [1.165, 1.54) is 23.8 Å². The van der Waals surface area contributed by atoms with Crippen LogP contribution in [-0.4, -0.2) is 34.2 Å². The van der Waals surface area contributed by atoms with E-state index in [2.05, 4.69) is 34.1 Å². The molecule has 3 nitrogen and oxygen atoms in total. The van der Waals surface area contributed by atoms with Gasteiger partial charge in [0.1, 0.15) is 0 Å². The van der Waals surface area contributed by atoms with Crippen molar-refractivity contribution in [1.82, 2.24) is 9.88 Å². The predicted molar refractivity (Wildman–Crippen MR) is 76.9 cm³/mol. The third kappa shape index (κ3) is 2.77. The zero-order valence-electron chi connectivity index (χ0n) is 11.1. The quantitative estimate of drug-likeness (QED) is 0.917. The Kier molecular flexibility index (Phi) is 3.76. The highest BCUT2D eigenvalue weighted by Gasteiger charge is 2.21. The van der Waals surface area contributed by atoms with Crippen molar-refractivity contribution in [3.05, 3.63) is 42.1 Å². The lowest BCUT2D eigenvalue weighted by Gasteiger charge is -2.34. The fourth-order valence-corrected chi connectivity index (χ4v) is 2.93. The van der Waals surface area contributed by atoms with E-state index >= 15 is 0 Å². The molecule has 1 aliphatic rings. The molecule has 0 aliphatic carbocycles. The van der Waals surface area contributed by atoms with E-state index in [4.69, 9.17) is 0 Å². The normalized spacial score (nSPS) is 20.8. The van der Waals surface area contributed by atoms with Gasteiger partial charge in [0.05, 0.1) is 12.1 Å². The van der Waals surface area contributed by atoms with E-state index < -0.39 is 0 Å². The SMILES string of the molecule is OCC1CCCCN1Cc1ccc2ncccc2c1. The molecule has 1 unspecified atom stereocenters. The fourth-order valence-electron chi connectivity index (χ4n) is 2.93. The van der Waals surface area contributed by atoms with Crippen LogP contribution in [0.5, 0.6) is 0 Å². The second-order valence-electron chi connectivity index (χ2n) is 5.33. The number of aliphatic hydroxyl groups is 1. The summed E-state index contributed by atoms with van der Waals surface area (Å²) in [6.07, 6.45) is 5.43. The van der Waals surface area contributed by atoms with Gasteiger partial charge in [-0.1, -0.05) is 18.6 Å². The molecule has 2 aromatic rings. The molecule has 1 N–H and O–H groups in total. The zero-order chi connectivity index (χ0) is 13.1.